The highest BCUT2D eigenvalue weighted by Gasteiger charge is 2.40. The number of aryl methyl sites for hydroxylation is 1. The van der Waals surface area contributed by atoms with Gasteiger partial charge in [0.2, 0.25) is 0 Å². The lowest BCUT2D eigenvalue weighted by atomic mass is 9.93. The van der Waals surface area contributed by atoms with Gasteiger partial charge in [-0.1, -0.05) is 29.8 Å². The van der Waals surface area contributed by atoms with Crippen LogP contribution in [0, 0.1) is 6.92 Å². The summed E-state index contributed by atoms with van der Waals surface area (Å²) in [7, 11) is 0. The van der Waals surface area contributed by atoms with E-state index >= 15 is 0 Å². The van der Waals surface area contributed by atoms with E-state index in [2.05, 4.69) is 0 Å². The molecule has 1 aromatic carbocycles. The van der Waals surface area contributed by atoms with Crippen molar-refractivity contribution >= 4 is 5.97 Å². The van der Waals surface area contributed by atoms with E-state index in [0.29, 0.717) is 5.56 Å². The first-order chi connectivity index (χ1) is 7.65. The third-order valence-electron chi connectivity index (χ3n) is 2.49. The number of ether oxygens (including phenoxy) is 1. The molecule has 1 N–H and O–H groups in total. The van der Waals surface area contributed by atoms with Crippen LogP contribution in [0.2, 0.25) is 0 Å². The standard InChI is InChI=1S/C14H20O3/c1-10-7-6-8-11(9-10)14(5,12(15)16)17-13(2,3)4/h6-9H,1-5H3,(H,15,16). The fourth-order valence-corrected chi connectivity index (χ4v) is 1.78. The van der Waals surface area contributed by atoms with Gasteiger partial charge in [0.15, 0.2) is 5.60 Å². The van der Waals surface area contributed by atoms with Crippen LogP contribution in [0.15, 0.2) is 24.3 Å². The molecular weight excluding hydrogens is 216 g/mol. The lowest BCUT2D eigenvalue weighted by molar-refractivity contribution is -0.183. The molecule has 0 aliphatic rings. The van der Waals surface area contributed by atoms with Gasteiger partial charge in [-0.2, -0.15) is 0 Å². The number of rotatable bonds is 3. The van der Waals surface area contributed by atoms with Crippen LogP contribution in [0.3, 0.4) is 0 Å². The normalized spacial score (nSPS) is 15.4. The summed E-state index contributed by atoms with van der Waals surface area (Å²) in [5.74, 6) is -0.974. The average Bonchev–Trinajstić information content (AvgIpc) is 2.14. The second-order valence-corrected chi connectivity index (χ2v) is 5.42. The fourth-order valence-electron chi connectivity index (χ4n) is 1.78. The molecule has 1 aromatic rings. The van der Waals surface area contributed by atoms with E-state index in [4.69, 9.17) is 4.74 Å². The zero-order chi connectivity index (χ0) is 13.3. The fraction of sp³-hybridized carbons (Fsp3) is 0.500. The van der Waals surface area contributed by atoms with Gasteiger partial charge in [0.25, 0.3) is 0 Å². The van der Waals surface area contributed by atoms with Crippen molar-refractivity contribution in [1.29, 1.82) is 0 Å². The molecule has 0 aliphatic carbocycles. The van der Waals surface area contributed by atoms with Gasteiger partial charge in [-0.05, 0) is 40.2 Å². The Bertz CT molecular complexity index is 418. The summed E-state index contributed by atoms with van der Waals surface area (Å²) in [6.45, 7) is 9.08. The third-order valence-corrected chi connectivity index (χ3v) is 2.49. The second-order valence-electron chi connectivity index (χ2n) is 5.42. The van der Waals surface area contributed by atoms with Gasteiger partial charge >= 0.3 is 5.97 Å². The summed E-state index contributed by atoms with van der Waals surface area (Å²) in [5.41, 5.74) is -0.145. The van der Waals surface area contributed by atoms with E-state index in [-0.39, 0.29) is 0 Å². The lowest BCUT2D eigenvalue weighted by Crippen LogP contribution is -2.41. The SMILES string of the molecule is Cc1cccc(C(C)(OC(C)(C)C)C(=O)O)c1. The van der Waals surface area contributed by atoms with Crippen molar-refractivity contribution in [2.24, 2.45) is 0 Å². The molecule has 0 amide bonds. The summed E-state index contributed by atoms with van der Waals surface area (Å²) in [6.07, 6.45) is 0. The van der Waals surface area contributed by atoms with Crippen molar-refractivity contribution in [3.05, 3.63) is 35.4 Å². The van der Waals surface area contributed by atoms with E-state index in [1.165, 1.54) is 0 Å². The predicted octanol–water partition coefficient (Wildman–Crippen LogP) is 3.11. The summed E-state index contributed by atoms with van der Waals surface area (Å²) >= 11 is 0. The molecule has 0 spiro atoms. The summed E-state index contributed by atoms with van der Waals surface area (Å²) in [4.78, 5) is 11.5. The number of aliphatic carboxylic acids is 1. The molecule has 0 bridgehead atoms. The van der Waals surface area contributed by atoms with Crippen LogP contribution in [0.4, 0.5) is 0 Å². The zero-order valence-electron chi connectivity index (χ0n) is 11.1. The highest BCUT2D eigenvalue weighted by Crippen LogP contribution is 2.31. The molecule has 17 heavy (non-hydrogen) atoms. The highest BCUT2D eigenvalue weighted by molar-refractivity contribution is 5.79. The molecule has 0 aromatic heterocycles. The van der Waals surface area contributed by atoms with Gasteiger partial charge in [0.05, 0.1) is 5.60 Å². The molecule has 0 saturated carbocycles. The van der Waals surface area contributed by atoms with Crippen molar-refractivity contribution in [2.75, 3.05) is 0 Å². The molecule has 1 unspecified atom stereocenters. The largest absolute Gasteiger partial charge is 0.479 e. The quantitative estimate of drug-likeness (QED) is 0.877. The summed E-state index contributed by atoms with van der Waals surface area (Å²) in [6, 6.07) is 7.41. The first-order valence-corrected chi connectivity index (χ1v) is 5.66. The molecule has 0 aliphatic heterocycles. The van der Waals surface area contributed by atoms with Crippen LogP contribution in [-0.2, 0) is 15.1 Å². The van der Waals surface area contributed by atoms with Crippen molar-refractivity contribution < 1.29 is 14.6 Å². The number of hydrogen-bond acceptors (Lipinski definition) is 2. The van der Waals surface area contributed by atoms with E-state index in [0.717, 1.165) is 5.56 Å². The van der Waals surface area contributed by atoms with E-state index in [1.54, 1.807) is 13.0 Å². The van der Waals surface area contributed by atoms with Gasteiger partial charge in [-0.15, -0.1) is 0 Å². The Hall–Kier alpha value is -1.35. The summed E-state index contributed by atoms with van der Waals surface area (Å²) in [5, 5.41) is 9.42. The van der Waals surface area contributed by atoms with Crippen molar-refractivity contribution in [3.63, 3.8) is 0 Å². The molecule has 3 heteroatoms. The Kier molecular flexibility index (Phi) is 3.62. The van der Waals surface area contributed by atoms with E-state index < -0.39 is 17.2 Å². The van der Waals surface area contributed by atoms with Gasteiger partial charge < -0.3 is 9.84 Å². The predicted molar refractivity (Wildman–Crippen MR) is 67.0 cm³/mol. The number of hydrogen-bond donors (Lipinski definition) is 1. The smallest absolute Gasteiger partial charge is 0.340 e. The monoisotopic (exact) mass is 236 g/mol. The highest BCUT2D eigenvalue weighted by atomic mass is 16.5. The molecular formula is C14H20O3. The molecule has 1 atom stereocenters. The average molecular weight is 236 g/mol. The maximum absolute atomic E-state index is 11.5. The number of carbonyl (C=O) groups is 1. The van der Waals surface area contributed by atoms with Crippen LogP contribution in [0.5, 0.6) is 0 Å². The van der Waals surface area contributed by atoms with Gasteiger partial charge in [0, 0.05) is 0 Å². The molecule has 0 radical (unpaired) electrons. The van der Waals surface area contributed by atoms with Gasteiger partial charge in [0.1, 0.15) is 0 Å². The Morgan fingerprint density at radius 2 is 1.82 bits per heavy atom. The van der Waals surface area contributed by atoms with Gasteiger partial charge in [-0.3, -0.25) is 0 Å². The minimum atomic E-state index is -1.32. The summed E-state index contributed by atoms with van der Waals surface area (Å²) < 4.78 is 5.73. The first kappa shape index (κ1) is 13.7. The molecule has 94 valence electrons. The van der Waals surface area contributed by atoms with E-state index in [1.807, 2.05) is 45.9 Å². The van der Waals surface area contributed by atoms with Crippen LogP contribution in [0.1, 0.15) is 38.8 Å². The molecule has 0 heterocycles. The third kappa shape index (κ3) is 3.30. The second kappa shape index (κ2) is 4.49. The maximum Gasteiger partial charge on any atom is 0.340 e. The topological polar surface area (TPSA) is 46.5 Å². The number of benzene rings is 1. The van der Waals surface area contributed by atoms with Gasteiger partial charge in [-0.25, -0.2) is 4.79 Å². The Balaban J connectivity index is 3.21. The lowest BCUT2D eigenvalue weighted by Gasteiger charge is -2.33. The zero-order valence-corrected chi connectivity index (χ0v) is 11.1. The Morgan fingerprint density at radius 1 is 1.24 bits per heavy atom. The minimum absolute atomic E-state index is 0.517. The maximum atomic E-state index is 11.5. The molecule has 3 nitrogen and oxygen atoms in total. The van der Waals surface area contributed by atoms with Crippen LogP contribution >= 0.6 is 0 Å². The van der Waals surface area contributed by atoms with E-state index in [9.17, 15) is 9.90 Å². The van der Waals surface area contributed by atoms with Crippen LogP contribution in [-0.4, -0.2) is 16.7 Å². The molecule has 0 fully saturated rings. The van der Waals surface area contributed by atoms with Crippen LogP contribution < -0.4 is 0 Å². The minimum Gasteiger partial charge on any atom is -0.479 e. The first-order valence-electron chi connectivity index (χ1n) is 5.66. The van der Waals surface area contributed by atoms with Crippen molar-refractivity contribution in [2.45, 2.75) is 45.8 Å². The van der Waals surface area contributed by atoms with Crippen molar-refractivity contribution in [3.8, 4) is 0 Å². The number of carboxylic acid groups (broad SMARTS) is 1. The Labute approximate surface area is 102 Å². The molecule has 1 rings (SSSR count). The van der Waals surface area contributed by atoms with Crippen molar-refractivity contribution in [1.82, 2.24) is 0 Å². The Morgan fingerprint density at radius 3 is 2.24 bits per heavy atom. The number of carboxylic acids is 1. The van der Waals surface area contributed by atoms with Crippen LogP contribution in [0.25, 0.3) is 0 Å². The molecule has 0 saturated heterocycles.